The van der Waals surface area contributed by atoms with Crippen molar-refractivity contribution in [1.82, 2.24) is 15.1 Å². The highest BCUT2D eigenvalue weighted by Gasteiger charge is 2.34. The maximum atomic E-state index is 12.3. The minimum absolute atomic E-state index is 0.143. The number of carbonyl (C=O) groups excluding carboxylic acids is 1. The highest BCUT2D eigenvalue weighted by Crippen LogP contribution is 2.28. The van der Waals surface area contributed by atoms with Gasteiger partial charge < -0.3 is 19.9 Å². The van der Waals surface area contributed by atoms with E-state index in [2.05, 4.69) is 17.3 Å². The van der Waals surface area contributed by atoms with E-state index in [0.29, 0.717) is 6.04 Å². The summed E-state index contributed by atoms with van der Waals surface area (Å²) in [7, 11) is 2.20. The van der Waals surface area contributed by atoms with Gasteiger partial charge in [-0.25, -0.2) is 4.79 Å². The molecule has 5 nitrogen and oxygen atoms in total. The van der Waals surface area contributed by atoms with E-state index in [9.17, 15) is 4.79 Å². The van der Waals surface area contributed by atoms with Gasteiger partial charge in [0.05, 0.1) is 0 Å². The Morgan fingerprint density at radius 1 is 1.22 bits per heavy atom. The van der Waals surface area contributed by atoms with Crippen molar-refractivity contribution in [3.8, 4) is 0 Å². The van der Waals surface area contributed by atoms with Crippen LogP contribution in [0.4, 0.5) is 4.79 Å². The van der Waals surface area contributed by atoms with Gasteiger partial charge in [-0.05, 0) is 92.0 Å². The Hall–Kier alpha value is -0.810. The maximum absolute atomic E-state index is 12.3. The quantitative estimate of drug-likeness (QED) is 0.731. The van der Waals surface area contributed by atoms with Crippen LogP contribution in [0.1, 0.15) is 52.9 Å². The van der Waals surface area contributed by atoms with E-state index in [1.54, 1.807) is 0 Å². The normalized spacial score (nSPS) is 20.5. The molecule has 0 aromatic rings. The lowest BCUT2D eigenvalue weighted by Gasteiger charge is -2.29. The van der Waals surface area contributed by atoms with Crippen LogP contribution in [0.25, 0.3) is 0 Å². The number of ether oxygens (including phenoxy) is 1. The monoisotopic (exact) mass is 325 g/mol. The first-order chi connectivity index (χ1) is 10.8. The van der Waals surface area contributed by atoms with Crippen molar-refractivity contribution in [3.05, 3.63) is 0 Å². The summed E-state index contributed by atoms with van der Waals surface area (Å²) in [4.78, 5) is 16.6. The van der Waals surface area contributed by atoms with Gasteiger partial charge in [0.25, 0.3) is 0 Å². The molecule has 2 rings (SSSR count). The molecule has 1 saturated carbocycles. The molecular formula is C18H35N3O2. The molecule has 1 aliphatic heterocycles. The molecule has 134 valence electrons. The standard InChI is InChI=1S/C18H35N3O2/c1-18(2,3)23-17(22)21(16-6-7-16)11-5-10-19-14-15-8-12-20(4)13-9-15/h15-16,19H,5-14H2,1-4H3. The molecule has 1 amide bonds. The van der Waals surface area contributed by atoms with Gasteiger partial charge in [0.2, 0.25) is 0 Å². The van der Waals surface area contributed by atoms with Crippen LogP contribution in [0.5, 0.6) is 0 Å². The summed E-state index contributed by atoms with van der Waals surface area (Å²) in [5.41, 5.74) is -0.406. The molecule has 0 atom stereocenters. The number of nitrogens with one attached hydrogen (secondary N) is 1. The smallest absolute Gasteiger partial charge is 0.410 e. The summed E-state index contributed by atoms with van der Waals surface area (Å²) in [6.45, 7) is 11.1. The average molecular weight is 325 g/mol. The van der Waals surface area contributed by atoms with Crippen LogP contribution >= 0.6 is 0 Å². The fourth-order valence-corrected chi connectivity index (χ4v) is 3.08. The van der Waals surface area contributed by atoms with Crippen LogP contribution in [0.15, 0.2) is 0 Å². The Bertz CT molecular complexity index is 369. The zero-order chi connectivity index (χ0) is 16.9. The molecule has 0 bridgehead atoms. The molecule has 1 aliphatic carbocycles. The van der Waals surface area contributed by atoms with Crippen LogP contribution in [-0.4, -0.2) is 67.3 Å². The van der Waals surface area contributed by atoms with Crippen LogP contribution < -0.4 is 5.32 Å². The van der Waals surface area contributed by atoms with E-state index in [0.717, 1.165) is 44.8 Å². The average Bonchev–Trinajstić information content (AvgIpc) is 3.27. The number of piperidine rings is 1. The first-order valence-corrected chi connectivity index (χ1v) is 9.24. The minimum Gasteiger partial charge on any atom is -0.444 e. The van der Waals surface area contributed by atoms with Gasteiger partial charge in [-0.2, -0.15) is 0 Å². The fourth-order valence-electron chi connectivity index (χ4n) is 3.08. The molecule has 1 heterocycles. The first-order valence-electron chi connectivity index (χ1n) is 9.24. The second-order valence-electron chi connectivity index (χ2n) is 8.21. The Labute approximate surface area is 141 Å². The Morgan fingerprint density at radius 3 is 2.43 bits per heavy atom. The van der Waals surface area contributed by atoms with Crippen molar-refractivity contribution >= 4 is 6.09 Å². The van der Waals surface area contributed by atoms with Gasteiger partial charge >= 0.3 is 6.09 Å². The molecule has 0 unspecified atom stereocenters. The summed E-state index contributed by atoms with van der Waals surface area (Å²) >= 11 is 0. The minimum atomic E-state index is -0.406. The van der Waals surface area contributed by atoms with Crippen molar-refractivity contribution < 1.29 is 9.53 Å². The van der Waals surface area contributed by atoms with Crippen LogP contribution in [0.2, 0.25) is 0 Å². The second-order valence-corrected chi connectivity index (χ2v) is 8.21. The molecule has 5 heteroatoms. The summed E-state index contributed by atoms with van der Waals surface area (Å²) in [5, 5.41) is 3.57. The number of rotatable bonds is 7. The molecule has 1 saturated heterocycles. The largest absolute Gasteiger partial charge is 0.444 e. The molecule has 23 heavy (non-hydrogen) atoms. The van der Waals surface area contributed by atoms with Crippen molar-refractivity contribution in [2.45, 2.75) is 64.5 Å². The molecule has 2 aliphatic rings. The van der Waals surface area contributed by atoms with Gasteiger partial charge in [-0.1, -0.05) is 0 Å². The Morgan fingerprint density at radius 2 is 1.87 bits per heavy atom. The third-order valence-electron chi connectivity index (χ3n) is 4.64. The van der Waals surface area contributed by atoms with Gasteiger partial charge in [-0.3, -0.25) is 0 Å². The lowest BCUT2D eigenvalue weighted by atomic mass is 9.97. The molecular weight excluding hydrogens is 290 g/mol. The number of amides is 1. The topological polar surface area (TPSA) is 44.8 Å². The third-order valence-corrected chi connectivity index (χ3v) is 4.64. The van der Waals surface area contributed by atoms with Crippen LogP contribution in [0, 0.1) is 5.92 Å². The molecule has 0 aromatic heterocycles. The maximum Gasteiger partial charge on any atom is 0.410 e. The van der Waals surface area contributed by atoms with Crippen molar-refractivity contribution in [3.63, 3.8) is 0 Å². The Kier molecular flexibility index (Phi) is 6.72. The van der Waals surface area contributed by atoms with Gasteiger partial charge in [0.15, 0.2) is 0 Å². The summed E-state index contributed by atoms with van der Waals surface area (Å²) < 4.78 is 5.53. The predicted octanol–water partition coefficient (Wildman–Crippen LogP) is 2.71. The lowest BCUT2D eigenvalue weighted by molar-refractivity contribution is 0.0232. The van der Waals surface area contributed by atoms with E-state index in [1.165, 1.54) is 25.9 Å². The number of hydrogen-bond acceptors (Lipinski definition) is 4. The highest BCUT2D eigenvalue weighted by molar-refractivity contribution is 5.69. The van der Waals surface area contributed by atoms with Crippen LogP contribution in [0.3, 0.4) is 0 Å². The number of nitrogens with zero attached hydrogens (tertiary/aromatic N) is 2. The van der Waals surface area contributed by atoms with Gasteiger partial charge in [0, 0.05) is 12.6 Å². The van der Waals surface area contributed by atoms with E-state index < -0.39 is 5.60 Å². The highest BCUT2D eigenvalue weighted by atomic mass is 16.6. The van der Waals surface area contributed by atoms with Crippen LogP contribution in [-0.2, 0) is 4.74 Å². The second kappa shape index (κ2) is 8.34. The predicted molar refractivity (Wildman–Crippen MR) is 93.7 cm³/mol. The molecule has 0 spiro atoms. The summed E-state index contributed by atoms with van der Waals surface area (Å²) in [5.74, 6) is 0.816. The first kappa shape index (κ1) is 18.5. The lowest BCUT2D eigenvalue weighted by Crippen LogP contribution is -2.40. The SMILES string of the molecule is CN1CCC(CNCCCN(C(=O)OC(C)(C)C)C2CC2)CC1. The molecule has 0 radical (unpaired) electrons. The van der Waals surface area contributed by atoms with Crippen molar-refractivity contribution in [1.29, 1.82) is 0 Å². The summed E-state index contributed by atoms with van der Waals surface area (Å²) in [6.07, 6.45) is 5.72. The van der Waals surface area contributed by atoms with E-state index in [-0.39, 0.29) is 6.09 Å². The van der Waals surface area contributed by atoms with E-state index >= 15 is 0 Å². The number of likely N-dealkylation sites (tertiary alicyclic amines) is 1. The molecule has 0 aromatic carbocycles. The van der Waals surface area contributed by atoms with Crippen molar-refractivity contribution in [2.75, 3.05) is 39.8 Å². The van der Waals surface area contributed by atoms with Gasteiger partial charge in [0.1, 0.15) is 5.60 Å². The third kappa shape index (κ3) is 7.08. The fraction of sp³-hybridized carbons (Fsp3) is 0.944. The zero-order valence-electron chi connectivity index (χ0n) is 15.4. The Balaban J connectivity index is 1.60. The van der Waals surface area contributed by atoms with E-state index in [1.807, 2.05) is 25.7 Å². The number of carbonyl (C=O) groups is 1. The number of hydrogen-bond donors (Lipinski definition) is 1. The van der Waals surface area contributed by atoms with Gasteiger partial charge in [-0.15, -0.1) is 0 Å². The zero-order valence-corrected chi connectivity index (χ0v) is 15.4. The molecule has 1 N–H and O–H groups in total. The summed E-state index contributed by atoms with van der Waals surface area (Å²) in [6, 6.07) is 0.415. The van der Waals surface area contributed by atoms with E-state index in [4.69, 9.17) is 4.74 Å². The molecule has 2 fully saturated rings. The van der Waals surface area contributed by atoms with Crippen molar-refractivity contribution in [2.24, 2.45) is 5.92 Å².